The molecule has 0 aromatic rings. The summed E-state index contributed by atoms with van der Waals surface area (Å²) in [6.07, 6.45) is 0.674. The van der Waals surface area contributed by atoms with Crippen molar-refractivity contribution in [2.75, 3.05) is 27.3 Å². The van der Waals surface area contributed by atoms with Crippen LogP contribution in [-0.4, -0.2) is 90.0 Å². The van der Waals surface area contributed by atoms with Gasteiger partial charge < -0.3 is 40.0 Å². The molecule has 2 amide bonds. The van der Waals surface area contributed by atoms with Gasteiger partial charge in [-0.25, -0.2) is 0 Å². The Bertz CT molecular complexity index is 1360. The lowest BCUT2D eigenvalue weighted by molar-refractivity contribution is -0.122. The summed E-state index contributed by atoms with van der Waals surface area (Å²) in [6, 6.07) is 0. The normalized spacial score (nSPS) is 28.9. The SMILES string of the molecule is COC1=C(Br)[C@H](O)C2(C=C1Br)CC(C(=O)NCCC(=O)CNC(=O)C1=NOC3(C=C(Br)C(OC)=C(Br)[C@@H]3O)C1)=NO2. The predicted molar refractivity (Wildman–Crippen MR) is 159 cm³/mol. The fraction of sp³-hybridized carbons (Fsp3) is 0.458. The number of hydrogen-bond donors (Lipinski definition) is 4. The fourth-order valence-corrected chi connectivity index (χ4v) is 8.01. The number of hydrogen-bond acceptors (Lipinski definition) is 11. The summed E-state index contributed by atoms with van der Waals surface area (Å²) >= 11 is 13.3. The number of nitrogens with one attached hydrogen (secondary N) is 2. The molecule has 13 nitrogen and oxygen atoms in total. The quantitative estimate of drug-likeness (QED) is 0.271. The van der Waals surface area contributed by atoms with Gasteiger partial charge in [0, 0.05) is 25.8 Å². The maximum atomic E-state index is 12.6. The van der Waals surface area contributed by atoms with Gasteiger partial charge in [0.1, 0.15) is 35.1 Å². The Balaban J connectivity index is 1.21. The smallest absolute Gasteiger partial charge is 0.269 e. The fourth-order valence-electron chi connectivity index (χ4n) is 4.42. The number of Topliss-reactive ketones (excluding diaryl/α,β-unsaturated/α-hetero) is 1. The van der Waals surface area contributed by atoms with E-state index < -0.39 is 35.2 Å². The first-order valence-corrected chi connectivity index (χ1v) is 15.1. The summed E-state index contributed by atoms with van der Waals surface area (Å²) in [7, 11) is 2.90. The topological polar surface area (TPSA) is 177 Å². The average molecular weight is 832 g/mol. The van der Waals surface area contributed by atoms with Crippen LogP contribution in [0.4, 0.5) is 0 Å². The lowest BCUT2D eigenvalue weighted by atomic mass is 9.87. The summed E-state index contributed by atoms with van der Waals surface area (Å²) in [5.41, 5.74) is -2.57. The van der Waals surface area contributed by atoms with Gasteiger partial charge in [-0.15, -0.1) is 0 Å². The highest BCUT2D eigenvalue weighted by molar-refractivity contribution is 9.12. The number of oxime groups is 2. The van der Waals surface area contributed by atoms with Crippen molar-refractivity contribution >= 4 is 92.7 Å². The molecule has 17 heteroatoms. The molecule has 4 atom stereocenters. The molecule has 0 aromatic carbocycles. The van der Waals surface area contributed by atoms with Crippen LogP contribution in [0.1, 0.15) is 19.3 Å². The van der Waals surface area contributed by atoms with E-state index in [1.807, 2.05) is 0 Å². The minimum atomic E-state index is -1.32. The molecule has 0 saturated carbocycles. The van der Waals surface area contributed by atoms with E-state index in [1.165, 1.54) is 14.2 Å². The molecule has 0 aromatic heterocycles. The zero-order chi connectivity index (χ0) is 30.1. The second kappa shape index (κ2) is 12.7. The van der Waals surface area contributed by atoms with Crippen LogP contribution in [0, 0.1) is 0 Å². The standard InChI is InChI=1S/C24H24Br4N4O9/c1-38-17-11(25)5-23(19(34)15(17)27)7-13(31-40-23)21(36)29-4-3-10(33)9-30-22(37)14-8-24(41-32-14)6-12(26)18(39-2)16(28)20(24)35/h5-6,19-20,34-35H,3-4,7-9H2,1-2H3,(H,29,36)(H,30,37)/t19-,20-,23?,24?/m0/s1. The van der Waals surface area contributed by atoms with Crippen molar-refractivity contribution in [3.63, 3.8) is 0 Å². The van der Waals surface area contributed by atoms with E-state index in [9.17, 15) is 24.6 Å². The molecule has 2 aliphatic heterocycles. The molecule has 2 unspecified atom stereocenters. The second-order valence-corrected chi connectivity index (χ2v) is 12.7. The zero-order valence-electron chi connectivity index (χ0n) is 21.5. The van der Waals surface area contributed by atoms with Crippen molar-refractivity contribution < 1.29 is 43.7 Å². The van der Waals surface area contributed by atoms with Crippen LogP contribution in [0.15, 0.2) is 51.9 Å². The number of rotatable bonds is 9. The molecule has 0 radical (unpaired) electrons. The van der Waals surface area contributed by atoms with Gasteiger partial charge in [0.2, 0.25) is 0 Å². The number of carbonyl (C=O) groups is 3. The number of methoxy groups -OCH3 is 2. The van der Waals surface area contributed by atoms with E-state index in [0.29, 0.717) is 29.4 Å². The number of nitrogens with zero attached hydrogens (tertiary/aromatic N) is 2. The van der Waals surface area contributed by atoms with Crippen molar-refractivity contribution in [2.45, 2.75) is 42.7 Å². The van der Waals surface area contributed by atoms with Gasteiger partial charge in [-0.1, -0.05) is 10.3 Å². The minimum Gasteiger partial charge on any atom is -0.495 e. The highest BCUT2D eigenvalue weighted by Gasteiger charge is 2.51. The Morgan fingerprint density at radius 3 is 1.76 bits per heavy atom. The maximum Gasteiger partial charge on any atom is 0.269 e. The van der Waals surface area contributed by atoms with Crippen molar-refractivity contribution in [1.29, 1.82) is 0 Å². The highest BCUT2D eigenvalue weighted by atomic mass is 79.9. The molecule has 222 valence electrons. The molecule has 41 heavy (non-hydrogen) atoms. The molecule has 4 N–H and O–H groups in total. The van der Waals surface area contributed by atoms with Gasteiger partial charge in [-0.3, -0.25) is 14.4 Å². The molecule has 0 saturated heterocycles. The molecule has 4 rings (SSSR count). The highest BCUT2D eigenvalue weighted by Crippen LogP contribution is 2.45. The summed E-state index contributed by atoms with van der Waals surface area (Å²) in [4.78, 5) is 48.4. The third kappa shape index (κ3) is 6.20. The number of aliphatic hydroxyl groups is 2. The van der Waals surface area contributed by atoms with Gasteiger partial charge in [-0.05, 0) is 75.9 Å². The summed E-state index contributed by atoms with van der Waals surface area (Å²) in [5, 5.41) is 34.1. The Kier molecular flexibility index (Phi) is 9.85. The van der Waals surface area contributed by atoms with Crippen LogP contribution in [-0.2, 0) is 33.5 Å². The lowest BCUT2D eigenvalue weighted by Crippen LogP contribution is -2.45. The minimum absolute atomic E-state index is 0.000678. The summed E-state index contributed by atoms with van der Waals surface area (Å²) < 4.78 is 12.2. The summed E-state index contributed by atoms with van der Waals surface area (Å²) in [6.45, 7) is -0.319. The van der Waals surface area contributed by atoms with Crippen molar-refractivity contribution in [3.05, 3.63) is 41.6 Å². The molecule has 4 aliphatic rings. The molecule has 2 heterocycles. The molecular weight excluding hydrogens is 808 g/mol. The van der Waals surface area contributed by atoms with E-state index in [2.05, 4.69) is 84.7 Å². The molecule has 2 spiro atoms. The Hall–Kier alpha value is -2.05. The second-order valence-electron chi connectivity index (χ2n) is 9.30. The number of halogens is 4. The van der Waals surface area contributed by atoms with Gasteiger partial charge in [0.15, 0.2) is 17.0 Å². The number of aliphatic hydroxyl groups excluding tert-OH is 2. The maximum absolute atomic E-state index is 12.6. The van der Waals surface area contributed by atoms with Crippen LogP contribution in [0.3, 0.4) is 0 Å². The average Bonchev–Trinajstić information content (AvgIpc) is 3.56. The van der Waals surface area contributed by atoms with Crippen molar-refractivity contribution in [2.24, 2.45) is 10.3 Å². The zero-order valence-corrected chi connectivity index (χ0v) is 27.8. The Labute approximate surface area is 267 Å². The first-order chi connectivity index (χ1) is 19.4. The van der Waals surface area contributed by atoms with Crippen LogP contribution in [0.2, 0.25) is 0 Å². The van der Waals surface area contributed by atoms with Gasteiger partial charge in [-0.2, -0.15) is 0 Å². The number of ether oxygens (including phenoxy) is 2. The largest absolute Gasteiger partial charge is 0.495 e. The van der Waals surface area contributed by atoms with E-state index in [0.717, 1.165) is 0 Å². The van der Waals surface area contributed by atoms with Crippen molar-refractivity contribution in [3.8, 4) is 0 Å². The predicted octanol–water partition coefficient (Wildman–Crippen LogP) is 2.02. The third-order valence-corrected chi connectivity index (χ3v) is 9.39. The van der Waals surface area contributed by atoms with E-state index in [-0.39, 0.29) is 49.6 Å². The van der Waals surface area contributed by atoms with Crippen LogP contribution >= 0.6 is 63.7 Å². The number of ketones is 1. The molecular formula is C24H24Br4N4O9. The van der Waals surface area contributed by atoms with Gasteiger partial charge >= 0.3 is 0 Å². The first-order valence-electron chi connectivity index (χ1n) is 12.0. The van der Waals surface area contributed by atoms with Crippen LogP contribution in [0.5, 0.6) is 0 Å². The van der Waals surface area contributed by atoms with E-state index in [4.69, 9.17) is 19.1 Å². The van der Waals surface area contributed by atoms with Crippen LogP contribution in [0.25, 0.3) is 0 Å². The van der Waals surface area contributed by atoms with Crippen LogP contribution < -0.4 is 10.6 Å². The lowest BCUT2D eigenvalue weighted by Gasteiger charge is -2.33. The van der Waals surface area contributed by atoms with Gasteiger partial charge in [0.25, 0.3) is 11.8 Å². The van der Waals surface area contributed by atoms with Gasteiger partial charge in [0.05, 0.1) is 38.7 Å². The molecule has 2 aliphatic carbocycles. The monoisotopic (exact) mass is 828 g/mol. The van der Waals surface area contributed by atoms with E-state index >= 15 is 0 Å². The third-order valence-electron chi connectivity index (χ3n) is 6.62. The Morgan fingerprint density at radius 2 is 1.32 bits per heavy atom. The Morgan fingerprint density at radius 1 is 0.878 bits per heavy atom. The summed E-state index contributed by atoms with van der Waals surface area (Å²) in [5.74, 6) is -0.752. The number of allylic oxidation sites excluding steroid dienone is 2. The van der Waals surface area contributed by atoms with E-state index in [1.54, 1.807) is 12.2 Å². The molecule has 0 fully saturated rings. The first kappa shape index (κ1) is 31.9. The van der Waals surface area contributed by atoms with Crippen molar-refractivity contribution in [1.82, 2.24) is 10.6 Å². The molecule has 0 bridgehead atoms. The number of carbonyl (C=O) groups excluding carboxylic acids is 3. The number of amides is 2.